The van der Waals surface area contributed by atoms with Crippen molar-refractivity contribution in [2.45, 2.75) is 177 Å². The van der Waals surface area contributed by atoms with Crippen molar-refractivity contribution >= 4 is 11.9 Å². The molecule has 0 amide bonds. The quantitative estimate of drug-likeness (QED) is 0.174. The SMILES string of the molecule is C[C@@H]1[C@H](O)[C@@H](C)/C=C/C=C/C=C/C=C/C=C/C=C/C=C/C(O[C@@H]2O[C@H](C)[C@@H](O)[C@H](N)[C@H]2O)C[C@@H]2O[C@](O)(CC(O)CC(O)[C@H](O)CCC(O)CC(O)CC(=O)O[C@H]1C)C[C@H](O)[C@H]2C(=O)O. The Labute approximate surface area is 381 Å². The molecular weight excluding hydrogens is 851 g/mol. The predicted octanol–water partition coefficient (Wildman–Crippen LogP) is 0.712. The maximum atomic E-state index is 12.6. The van der Waals surface area contributed by atoms with E-state index in [2.05, 4.69) is 0 Å². The molecule has 13 N–H and O–H groups in total. The lowest BCUT2D eigenvalue weighted by molar-refractivity contribution is -0.308. The standard InChI is InChI=1S/C47H73NO17/c1-27-17-15-13-11-9-7-5-6-8-10-12-14-16-18-34(64-46-44(58)41(48)43(57)30(4)63-46)24-38-40(45(59)60)37(54)26-47(61,65-38)25-33(51)22-36(53)35(52)20-19-31(49)21-32(50)23-39(55)62-29(3)28(2)42(27)56/h5-18,27-38,40-44,46,49-54,56-58,61H,19-26,48H2,1-4H3,(H,59,60)/b6-5+,9-7+,10-8+,13-11+,14-12+,17-15+,18-16+/t27-,28-,29-,30+,31?,32?,33?,34?,35+,36?,37-,38-,40+,41-,42+,43+,44+,46-,47+/m0/s1. The molecule has 3 aliphatic rings. The van der Waals surface area contributed by atoms with Crippen LogP contribution in [0.5, 0.6) is 0 Å². The van der Waals surface area contributed by atoms with Crippen molar-refractivity contribution in [1.82, 2.24) is 0 Å². The van der Waals surface area contributed by atoms with Crippen LogP contribution in [0.2, 0.25) is 0 Å². The molecule has 0 spiro atoms. The van der Waals surface area contributed by atoms with E-state index in [0.717, 1.165) is 0 Å². The highest BCUT2D eigenvalue weighted by Gasteiger charge is 2.51. The number of aliphatic hydroxyl groups is 10. The van der Waals surface area contributed by atoms with Crippen molar-refractivity contribution in [2.75, 3.05) is 0 Å². The number of carbonyl (C=O) groups is 2. The molecule has 19 atom stereocenters. The van der Waals surface area contributed by atoms with E-state index in [1.54, 1.807) is 80.7 Å². The molecule has 3 aliphatic heterocycles. The minimum absolute atomic E-state index is 0.107. The van der Waals surface area contributed by atoms with Gasteiger partial charge in [-0.25, -0.2) is 0 Å². The highest BCUT2D eigenvalue weighted by Crippen LogP contribution is 2.38. The molecule has 0 aromatic carbocycles. The lowest BCUT2D eigenvalue weighted by atomic mass is 9.82. The largest absolute Gasteiger partial charge is 0.481 e. The number of nitrogens with two attached hydrogens (primary N) is 1. The van der Waals surface area contributed by atoms with Gasteiger partial charge in [-0.05, 0) is 33.1 Å². The second kappa shape index (κ2) is 27.4. The number of esters is 1. The zero-order valence-electron chi connectivity index (χ0n) is 37.6. The van der Waals surface area contributed by atoms with Gasteiger partial charge in [0.25, 0.3) is 0 Å². The topological polar surface area (TPSA) is 320 Å². The fraction of sp³-hybridized carbons (Fsp3) is 0.660. The maximum Gasteiger partial charge on any atom is 0.311 e. The minimum Gasteiger partial charge on any atom is -0.481 e. The van der Waals surface area contributed by atoms with Gasteiger partial charge in [0.2, 0.25) is 0 Å². The number of cyclic esters (lactones) is 1. The van der Waals surface area contributed by atoms with Crippen LogP contribution in [0, 0.1) is 17.8 Å². The van der Waals surface area contributed by atoms with Gasteiger partial charge in [0, 0.05) is 37.5 Å². The van der Waals surface area contributed by atoms with Gasteiger partial charge in [-0.15, -0.1) is 0 Å². The molecule has 5 unspecified atom stereocenters. The Kier molecular flexibility index (Phi) is 23.6. The average molecular weight is 924 g/mol. The molecule has 18 heteroatoms. The summed E-state index contributed by atoms with van der Waals surface area (Å²) in [6, 6.07) is -1.15. The van der Waals surface area contributed by atoms with Gasteiger partial charge in [-0.2, -0.15) is 0 Å². The normalized spacial score (nSPS) is 45.5. The summed E-state index contributed by atoms with van der Waals surface area (Å²) < 4.78 is 23.1. The molecule has 368 valence electrons. The molecule has 0 aromatic rings. The van der Waals surface area contributed by atoms with Gasteiger partial charge in [-0.1, -0.05) is 98.9 Å². The number of aliphatic carboxylic acids is 1. The van der Waals surface area contributed by atoms with E-state index in [-0.39, 0.29) is 31.6 Å². The molecule has 0 aliphatic carbocycles. The zero-order valence-corrected chi connectivity index (χ0v) is 37.6. The monoisotopic (exact) mass is 923 g/mol. The number of fused-ring (bicyclic) bond motifs is 2. The van der Waals surface area contributed by atoms with Crippen LogP contribution in [0.3, 0.4) is 0 Å². The summed E-state index contributed by atoms with van der Waals surface area (Å²) >= 11 is 0. The van der Waals surface area contributed by atoms with Crippen LogP contribution in [0.4, 0.5) is 0 Å². The molecule has 2 fully saturated rings. The third kappa shape index (κ3) is 18.6. The summed E-state index contributed by atoms with van der Waals surface area (Å²) in [5, 5.41) is 118. The Bertz CT molecular complexity index is 1670. The second-order valence-electron chi connectivity index (χ2n) is 17.6. The third-order valence-electron chi connectivity index (χ3n) is 12.0. The van der Waals surface area contributed by atoms with Crippen LogP contribution in [0.1, 0.15) is 79.1 Å². The number of aliphatic hydroxyl groups excluding tert-OH is 9. The van der Waals surface area contributed by atoms with Crippen LogP contribution in [-0.4, -0.2) is 166 Å². The summed E-state index contributed by atoms with van der Waals surface area (Å²) in [7, 11) is 0. The van der Waals surface area contributed by atoms with E-state index in [1.807, 2.05) is 19.1 Å². The number of rotatable bonds is 3. The lowest BCUT2D eigenvalue weighted by Crippen LogP contribution is -2.61. The second-order valence-corrected chi connectivity index (χ2v) is 17.6. The number of hydrogen-bond acceptors (Lipinski definition) is 17. The molecule has 2 bridgehead atoms. The van der Waals surface area contributed by atoms with E-state index in [4.69, 9.17) is 24.7 Å². The first-order valence-corrected chi connectivity index (χ1v) is 22.3. The van der Waals surface area contributed by atoms with E-state index in [9.17, 15) is 65.8 Å². The number of allylic oxidation sites excluding steroid dienone is 12. The zero-order chi connectivity index (χ0) is 48.4. The van der Waals surface area contributed by atoms with Crippen LogP contribution < -0.4 is 5.73 Å². The van der Waals surface area contributed by atoms with Crippen LogP contribution in [0.25, 0.3) is 0 Å². The number of hydrogen-bond donors (Lipinski definition) is 12. The summed E-state index contributed by atoms with van der Waals surface area (Å²) in [5.41, 5.74) is 6.02. The van der Waals surface area contributed by atoms with Crippen molar-refractivity contribution in [3.63, 3.8) is 0 Å². The molecule has 2 saturated heterocycles. The fourth-order valence-corrected chi connectivity index (χ4v) is 7.97. The van der Waals surface area contributed by atoms with Crippen LogP contribution >= 0.6 is 0 Å². The Morgan fingerprint density at radius 1 is 0.662 bits per heavy atom. The van der Waals surface area contributed by atoms with Gasteiger partial charge in [-0.3, -0.25) is 9.59 Å². The Morgan fingerprint density at radius 2 is 1.23 bits per heavy atom. The van der Waals surface area contributed by atoms with Crippen molar-refractivity contribution in [3.05, 3.63) is 85.1 Å². The van der Waals surface area contributed by atoms with Crippen molar-refractivity contribution in [2.24, 2.45) is 23.5 Å². The van der Waals surface area contributed by atoms with Crippen molar-refractivity contribution in [3.8, 4) is 0 Å². The van der Waals surface area contributed by atoms with Crippen LogP contribution in [0.15, 0.2) is 85.1 Å². The minimum atomic E-state index is -2.33. The Hall–Kier alpha value is -3.44. The number of carbonyl (C=O) groups excluding carboxylic acids is 1. The van der Waals surface area contributed by atoms with Crippen molar-refractivity contribution < 1.29 is 84.7 Å². The summed E-state index contributed by atoms with van der Waals surface area (Å²) in [4.78, 5) is 25.1. The van der Waals surface area contributed by atoms with Gasteiger partial charge in [0.1, 0.15) is 18.1 Å². The lowest BCUT2D eigenvalue weighted by Gasteiger charge is -2.45. The molecule has 0 aromatic heterocycles. The van der Waals surface area contributed by atoms with Crippen molar-refractivity contribution in [1.29, 1.82) is 0 Å². The van der Waals surface area contributed by atoms with E-state index < -0.39 is 147 Å². The van der Waals surface area contributed by atoms with Gasteiger partial charge >= 0.3 is 11.9 Å². The van der Waals surface area contributed by atoms with E-state index in [0.29, 0.717) is 0 Å². The Morgan fingerprint density at radius 3 is 1.82 bits per heavy atom. The number of carboxylic acids is 1. The molecule has 0 saturated carbocycles. The fourth-order valence-electron chi connectivity index (χ4n) is 7.97. The summed E-state index contributed by atoms with van der Waals surface area (Å²) in [6.07, 6.45) is 3.46. The van der Waals surface area contributed by atoms with Crippen LogP contribution in [-0.2, 0) is 28.5 Å². The molecule has 18 nitrogen and oxygen atoms in total. The first-order valence-electron chi connectivity index (χ1n) is 22.3. The molecule has 0 radical (unpaired) electrons. The maximum absolute atomic E-state index is 12.6. The first kappa shape index (κ1) is 55.9. The average Bonchev–Trinajstić information content (AvgIpc) is 3.21. The number of carboxylic acid groups (broad SMARTS) is 1. The Balaban J connectivity index is 1.86. The molecule has 3 rings (SSSR count). The summed E-state index contributed by atoms with van der Waals surface area (Å²) in [5.74, 6) is -6.83. The highest BCUT2D eigenvalue weighted by atomic mass is 16.7. The molecular formula is C47H73NO17. The van der Waals surface area contributed by atoms with Gasteiger partial charge in [0.15, 0.2) is 12.1 Å². The third-order valence-corrected chi connectivity index (χ3v) is 12.0. The van der Waals surface area contributed by atoms with E-state index >= 15 is 0 Å². The first-order chi connectivity index (χ1) is 30.6. The predicted molar refractivity (Wildman–Crippen MR) is 237 cm³/mol. The smallest absolute Gasteiger partial charge is 0.311 e. The van der Waals surface area contributed by atoms with Gasteiger partial charge < -0.3 is 80.9 Å². The highest BCUT2D eigenvalue weighted by molar-refractivity contribution is 5.71. The van der Waals surface area contributed by atoms with E-state index in [1.165, 1.54) is 13.0 Å². The number of ether oxygens (including phenoxy) is 4. The van der Waals surface area contributed by atoms with Gasteiger partial charge in [0.05, 0.1) is 79.6 Å². The summed E-state index contributed by atoms with van der Waals surface area (Å²) in [6.45, 7) is 6.74. The molecule has 65 heavy (non-hydrogen) atoms. The molecule has 3 heterocycles.